The van der Waals surface area contributed by atoms with Gasteiger partial charge >= 0.3 is 0 Å². The van der Waals surface area contributed by atoms with Crippen LogP contribution in [0.5, 0.6) is 0 Å². The topological polar surface area (TPSA) is 203 Å². The van der Waals surface area contributed by atoms with Crippen LogP contribution in [0.4, 0.5) is 0 Å². The predicted octanol–water partition coefficient (Wildman–Crippen LogP) is 6.20. The van der Waals surface area contributed by atoms with Crippen molar-refractivity contribution >= 4 is 17.7 Å². The molecular weight excluding hydrogens is 666 g/mol. The highest BCUT2D eigenvalue weighted by atomic mass is 17.2. The van der Waals surface area contributed by atoms with E-state index in [1.165, 1.54) is 20.8 Å². The van der Waals surface area contributed by atoms with Gasteiger partial charge in [-0.25, -0.2) is 30.4 Å². The molecule has 3 amide bonds. The van der Waals surface area contributed by atoms with Crippen LogP contribution in [-0.2, 0) is 43.3 Å². The zero-order valence-corrected chi connectivity index (χ0v) is 32.7. The van der Waals surface area contributed by atoms with Gasteiger partial charge in [0, 0.05) is 59.3 Å². The highest BCUT2D eigenvalue weighted by molar-refractivity contribution is 5.74. The number of amides is 3. The lowest BCUT2D eigenvalue weighted by molar-refractivity contribution is -0.394. The minimum Gasteiger partial charge on any atom is -0.349 e. The molecule has 0 radical (unpaired) electrons. The van der Waals surface area contributed by atoms with Crippen LogP contribution in [0, 0.1) is 0 Å². The van der Waals surface area contributed by atoms with Crippen molar-refractivity contribution in [2.45, 2.75) is 193 Å². The Labute approximate surface area is 304 Å². The number of hydrogen-bond acceptors (Lipinski definition) is 12. The smallest absolute Gasteiger partial charge is 0.217 e. The predicted molar refractivity (Wildman–Crippen MR) is 190 cm³/mol. The average Bonchev–Trinajstić information content (AvgIpc) is 3.68. The standard InChI is InChI=1S/3C12H23NO4/c3*1-4-5-6-7-12(17-15)8-11(3,9-16-12)13-10(2)14/h3*15H,4-9H2,1-3H3,(H,13,14)/t3*11-,12+/m100/s1. The number of rotatable bonds is 18. The first-order valence-electron chi connectivity index (χ1n) is 18.6. The molecule has 3 rings (SSSR count). The summed E-state index contributed by atoms with van der Waals surface area (Å²) in [5.41, 5.74) is -1.37. The molecule has 0 aromatic rings. The van der Waals surface area contributed by atoms with Crippen molar-refractivity contribution < 1.29 is 59.0 Å². The summed E-state index contributed by atoms with van der Waals surface area (Å²) in [5.74, 6) is -3.15. The van der Waals surface area contributed by atoms with Crippen molar-refractivity contribution in [3.8, 4) is 0 Å². The Morgan fingerprint density at radius 1 is 0.510 bits per heavy atom. The number of carbonyl (C=O) groups excluding carboxylic acids is 3. The molecule has 15 heteroatoms. The quantitative estimate of drug-likeness (QED) is 0.0529. The van der Waals surface area contributed by atoms with E-state index >= 15 is 0 Å². The number of ether oxygens (including phenoxy) is 3. The molecule has 6 atom stereocenters. The third-order valence-electron chi connectivity index (χ3n) is 9.36. The van der Waals surface area contributed by atoms with E-state index in [9.17, 15) is 14.4 Å². The van der Waals surface area contributed by atoms with Crippen LogP contribution in [0.15, 0.2) is 0 Å². The summed E-state index contributed by atoms with van der Waals surface area (Å²) in [7, 11) is 0. The molecule has 0 spiro atoms. The minimum atomic E-state index is -0.952. The molecule has 3 fully saturated rings. The van der Waals surface area contributed by atoms with Gasteiger partial charge in [0.15, 0.2) is 0 Å². The van der Waals surface area contributed by atoms with E-state index in [-0.39, 0.29) is 17.7 Å². The maximum absolute atomic E-state index is 11.1. The van der Waals surface area contributed by atoms with Crippen LogP contribution < -0.4 is 16.0 Å². The van der Waals surface area contributed by atoms with Crippen molar-refractivity contribution in [2.75, 3.05) is 19.8 Å². The largest absolute Gasteiger partial charge is 0.349 e. The van der Waals surface area contributed by atoms with Crippen LogP contribution in [-0.4, -0.2) is 87.3 Å². The zero-order chi connectivity index (χ0) is 38.8. The summed E-state index contributed by atoms with van der Waals surface area (Å²) in [6.07, 6.45) is 12.7. The first-order valence-corrected chi connectivity index (χ1v) is 18.6. The van der Waals surface area contributed by atoms with Crippen LogP contribution in [0.3, 0.4) is 0 Å². The van der Waals surface area contributed by atoms with Crippen molar-refractivity contribution in [3.63, 3.8) is 0 Å². The van der Waals surface area contributed by atoms with Gasteiger partial charge in [0.2, 0.25) is 35.1 Å². The molecule has 0 aromatic heterocycles. The lowest BCUT2D eigenvalue weighted by Crippen LogP contribution is -2.46. The average molecular weight is 736 g/mol. The lowest BCUT2D eigenvalue weighted by atomic mass is 9.93. The van der Waals surface area contributed by atoms with Crippen LogP contribution in [0.1, 0.15) is 159 Å². The first kappa shape index (κ1) is 47.1. The van der Waals surface area contributed by atoms with Crippen molar-refractivity contribution in [2.24, 2.45) is 0 Å². The van der Waals surface area contributed by atoms with Gasteiger partial charge in [-0.15, -0.1) is 0 Å². The molecule has 3 aliphatic rings. The Kier molecular flexibility index (Phi) is 20.0. The Hall–Kier alpha value is -1.95. The van der Waals surface area contributed by atoms with Gasteiger partial charge in [0.25, 0.3) is 0 Å². The van der Waals surface area contributed by atoms with E-state index in [1.54, 1.807) is 0 Å². The van der Waals surface area contributed by atoms with Gasteiger partial charge in [0.1, 0.15) is 0 Å². The molecule has 0 unspecified atom stereocenters. The van der Waals surface area contributed by atoms with Gasteiger partial charge in [-0.1, -0.05) is 59.3 Å². The van der Waals surface area contributed by atoms with Gasteiger partial charge < -0.3 is 30.2 Å². The number of carbonyl (C=O) groups is 3. The van der Waals surface area contributed by atoms with E-state index in [0.29, 0.717) is 58.3 Å². The highest BCUT2D eigenvalue weighted by Crippen LogP contribution is 2.39. The second-order valence-electron chi connectivity index (χ2n) is 15.5. The van der Waals surface area contributed by atoms with Gasteiger partial charge in [0.05, 0.1) is 36.4 Å². The molecule has 3 saturated heterocycles. The Morgan fingerprint density at radius 2 is 0.745 bits per heavy atom. The summed E-state index contributed by atoms with van der Waals surface area (Å²) < 4.78 is 16.7. The first-order chi connectivity index (χ1) is 23.9. The Bertz CT molecular complexity index is 942. The molecule has 51 heavy (non-hydrogen) atoms. The van der Waals surface area contributed by atoms with Gasteiger partial charge in [-0.05, 0) is 40.0 Å². The summed E-state index contributed by atoms with van der Waals surface area (Å²) in [5, 5.41) is 35.7. The van der Waals surface area contributed by atoms with Gasteiger partial charge in [-0.3, -0.25) is 14.4 Å². The Morgan fingerprint density at radius 3 is 0.922 bits per heavy atom. The third kappa shape index (κ3) is 16.3. The van der Waals surface area contributed by atoms with Crippen LogP contribution in [0.2, 0.25) is 0 Å². The van der Waals surface area contributed by atoms with Crippen molar-refractivity contribution in [1.29, 1.82) is 0 Å². The number of unbranched alkanes of at least 4 members (excludes halogenated alkanes) is 6. The minimum absolute atomic E-state index is 0.0987. The summed E-state index contributed by atoms with van der Waals surface area (Å²) >= 11 is 0. The fraction of sp³-hybridized carbons (Fsp3) is 0.917. The molecular formula is C36H69N3O12. The fourth-order valence-electron chi connectivity index (χ4n) is 7.21. The van der Waals surface area contributed by atoms with Crippen molar-refractivity contribution in [1.82, 2.24) is 16.0 Å². The fourth-order valence-corrected chi connectivity index (χ4v) is 7.21. The normalized spacial score (nSPS) is 32.7. The monoisotopic (exact) mass is 735 g/mol. The summed E-state index contributed by atoms with van der Waals surface area (Å²) in [6.45, 7) is 17.5. The molecule has 3 aliphatic heterocycles. The Balaban J connectivity index is 0.000000382. The van der Waals surface area contributed by atoms with E-state index < -0.39 is 34.0 Å². The lowest BCUT2D eigenvalue weighted by Gasteiger charge is -2.27. The molecule has 300 valence electrons. The number of hydrogen-bond donors (Lipinski definition) is 6. The molecule has 0 bridgehead atoms. The van der Waals surface area contributed by atoms with Gasteiger partial charge in [-0.2, -0.15) is 0 Å². The van der Waals surface area contributed by atoms with Crippen LogP contribution in [0.25, 0.3) is 0 Å². The molecule has 3 heterocycles. The molecule has 0 aliphatic carbocycles. The van der Waals surface area contributed by atoms with Crippen LogP contribution >= 0.6 is 0 Å². The van der Waals surface area contributed by atoms with E-state index in [1.807, 2.05) is 20.8 Å². The number of nitrogens with one attached hydrogen (secondary N) is 3. The van der Waals surface area contributed by atoms with Crippen molar-refractivity contribution in [3.05, 3.63) is 0 Å². The maximum atomic E-state index is 11.1. The molecule has 6 N–H and O–H groups in total. The summed E-state index contributed by atoms with van der Waals surface area (Å²) in [6, 6.07) is 0. The van der Waals surface area contributed by atoms with E-state index in [2.05, 4.69) is 51.4 Å². The zero-order valence-electron chi connectivity index (χ0n) is 32.7. The highest BCUT2D eigenvalue weighted by Gasteiger charge is 2.50. The maximum Gasteiger partial charge on any atom is 0.217 e. The SMILES string of the molecule is CCCCC[C@@]1(OO)C[C@](C)(NC(C)=O)CO1.CCCCC[C@@]1(OO)C[C@](C)(NC(C)=O)CO1.CCCCC[C@]1(OO)C[C@@](C)(NC(C)=O)CO1. The van der Waals surface area contributed by atoms with E-state index in [0.717, 1.165) is 57.8 Å². The molecule has 0 aromatic carbocycles. The second kappa shape index (κ2) is 21.7. The summed E-state index contributed by atoms with van der Waals surface area (Å²) in [4.78, 5) is 46.9. The van der Waals surface area contributed by atoms with E-state index in [4.69, 9.17) is 30.0 Å². The molecule has 0 saturated carbocycles. The second-order valence-corrected chi connectivity index (χ2v) is 15.5. The third-order valence-corrected chi connectivity index (χ3v) is 9.36. The molecule has 15 nitrogen and oxygen atoms in total.